The maximum Gasteiger partial charge on any atom is 0.338 e. The van der Waals surface area contributed by atoms with Crippen molar-refractivity contribution >= 4 is 33.1 Å². The van der Waals surface area contributed by atoms with Crippen LogP contribution in [0.2, 0.25) is 0 Å². The van der Waals surface area contributed by atoms with Crippen LogP contribution < -0.4 is 9.46 Å². The molecule has 0 aliphatic heterocycles. The normalized spacial score (nSPS) is 11.4. The van der Waals surface area contributed by atoms with Gasteiger partial charge in [0.1, 0.15) is 10.6 Å². The first kappa shape index (κ1) is 21.1. The largest absolute Gasteiger partial charge is 0.495 e. The van der Waals surface area contributed by atoms with Gasteiger partial charge in [0.05, 0.1) is 17.6 Å². The first-order valence-corrected chi connectivity index (χ1v) is 10.4. The summed E-state index contributed by atoms with van der Waals surface area (Å²) in [7, 11) is -2.54. The first-order chi connectivity index (χ1) is 12.6. The van der Waals surface area contributed by atoms with Crippen LogP contribution in [0.15, 0.2) is 35.2 Å². The van der Waals surface area contributed by atoms with E-state index in [1.807, 2.05) is 13.0 Å². The van der Waals surface area contributed by atoms with Crippen LogP contribution >= 0.6 is 11.3 Å². The lowest BCUT2D eigenvalue weighted by molar-refractivity contribution is 0.0475. The van der Waals surface area contributed by atoms with Gasteiger partial charge in [-0.1, -0.05) is 0 Å². The number of methoxy groups -OCH3 is 1. The van der Waals surface area contributed by atoms with Crippen molar-refractivity contribution in [1.29, 1.82) is 0 Å². The van der Waals surface area contributed by atoms with Crippen molar-refractivity contribution in [2.45, 2.75) is 31.7 Å². The predicted octanol–water partition coefficient (Wildman–Crippen LogP) is 2.79. The Balaban J connectivity index is 2.19. The highest BCUT2D eigenvalue weighted by molar-refractivity contribution is 7.89. The van der Waals surface area contributed by atoms with Gasteiger partial charge in [-0.25, -0.2) is 17.9 Å². The van der Waals surface area contributed by atoms with Gasteiger partial charge in [-0.2, -0.15) is 0 Å². The summed E-state index contributed by atoms with van der Waals surface area (Å²) in [6, 6.07) is 7.08. The Bertz CT molecular complexity index is 947. The average Bonchev–Trinajstić information content (AvgIpc) is 3.04. The van der Waals surface area contributed by atoms with E-state index in [9.17, 15) is 18.0 Å². The molecule has 7 nitrogen and oxygen atoms in total. The number of carbonyl (C=O) groups excluding carboxylic acids is 2. The summed E-state index contributed by atoms with van der Waals surface area (Å²) in [5, 5.41) is 0. The van der Waals surface area contributed by atoms with E-state index in [0.29, 0.717) is 4.88 Å². The molecule has 27 heavy (non-hydrogen) atoms. The van der Waals surface area contributed by atoms with E-state index in [1.54, 1.807) is 19.9 Å². The van der Waals surface area contributed by atoms with E-state index in [0.717, 1.165) is 4.88 Å². The second kappa shape index (κ2) is 8.64. The van der Waals surface area contributed by atoms with Gasteiger partial charge in [-0.3, -0.25) is 4.79 Å². The third kappa shape index (κ3) is 5.38. The molecule has 0 spiro atoms. The zero-order chi connectivity index (χ0) is 20.2. The third-order valence-electron chi connectivity index (χ3n) is 3.43. The van der Waals surface area contributed by atoms with Crippen molar-refractivity contribution in [2.75, 3.05) is 13.7 Å². The maximum absolute atomic E-state index is 12.5. The lowest BCUT2D eigenvalue weighted by Gasteiger charge is -2.14. The Morgan fingerprint density at radius 3 is 2.44 bits per heavy atom. The Kier molecular flexibility index (Phi) is 6.74. The lowest BCUT2D eigenvalue weighted by atomic mass is 10.2. The molecule has 0 saturated heterocycles. The summed E-state index contributed by atoms with van der Waals surface area (Å²) in [6.07, 6.45) is 0. The number of carbonyl (C=O) groups is 2. The summed E-state index contributed by atoms with van der Waals surface area (Å²) in [5.74, 6) is -1.01. The van der Waals surface area contributed by atoms with E-state index in [-0.39, 0.29) is 28.0 Å². The SMILES string of the molecule is COc1ccc(C(=O)OCC(=O)c2ccc(C)s2)cc1S(=O)(=O)NC(C)C. The fraction of sp³-hybridized carbons (Fsp3) is 0.333. The topological polar surface area (TPSA) is 98.8 Å². The lowest BCUT2D eigenvalue weighted by Crippen LogP contribution is -2.30. The number of ether oxygens (including phenoxy) is 2. The van der Waals surface area contributed by atoms with E-state index in [4.69, 9.17) is 9.47 Å². The zero-order valence-corrected chi connectivity index (χ0v) is 17.1. The smallest absolute Gasteiger partial charge is 0.338 e. The van der Waals surface area contributed by atoms with Crippen LogP contribution in [0.3, 0.4) is 0 Å². The van der Waals surface area contributed by atoms with Crippen molar-refractivity contribution in [3.05, 3.63) is 45.6 Å². The molecule has 0 bridgehead atoms. The van der Waals surface area contributed by atoms with Crippen LogP contribution in [-0.2, 0) is 14.8 Å². The molecule has 0 aliphatic rings. The van der Waals surface area contributed by atoms with E-state index in [1.165, 1.54) is 36.6 Å². The Hall–Kier alpha value is -2.23. The van der Waals surface area contributed by atoms with Crippen LogP contribution in [0.25, 0.3) is 0 Å². The van der Waals surface area contributed by atoms with Gasteiger partial charge in [0.25, 0.3) is 0 Å². The number of Topliss-reactive ketones (excluding diaryl/α,β-unsaturated/α-hetero) is 1. The maximum atomic E-state index is 12.5. The molecule has 0 aliphatic carbocycles. The van der Waals surface area contributed by atoms with Crippen molar-refractivity contribution < 1.29 is 27.5 Å². The van der Waals surface area contributed by atoms with Crippen molar-refractivity contribution in [3.8, 4) is 5.75 Å². The number of nitrogens with one attached hydrogen (secondary N) is 1. The van der Waals surface area contributed by atoms with Crippen LogP contribution in [0.1, 0.15) is 38.8 Å². The molecule has 1 N–H and O–H groups in total. The molecule has 9 heteroatoms. The Morgan fingerprint density at radius 2 is 1.89 bits per heavy atom. The molecule has 0 unspecified atom stereocenters. The van der Waals surface area contributed by atoms with Crippen molar-refractivity contribution in [3.63, 3.8) is 0 Å². The number of sulfonamides is 1. The van der Waals surface area contributed by atoms with Gasteiger partial charge in [-0.15, -0.1) is 11.3 Å². The van der Waals surface area contributed by atoms with Gasteiger partial charge in [0.15, 0.2) is 6.61 Å². The molecule has 0 radical (unpaired) electrons. The number of aryl methyl sites for hydroxylation is 1. The van der Waals surface area contributed by atoms with E-state index < -0.39 is 22.6 Å². The molecular weight excluding hydrogens is 390 g/mol. The highest BCUT2D eigenvalue weighted by atomic mass is 32.2. The minimum Gasteiger partial charge on any atom is -0.495 e. The highest BCUT2D eigenvalue weighted by Gasteiger charge is 2.23. The molecule has 146 valence electrons. The first-order valence-electron chi connectivity index (χ1n) is 8.11. The molecule has 2 rings (SSSR count). The molecule has 2 aromatic rings. The standard InChI is InChI=1S/C18H21NO6S2/c1-11(2)19-27(22,23)17-9-13(6-7-15(17)24-4)18(21)25-10-14(20)16-8-5-12(3)26-16/h5-9,11,19H,10H2,1-4H3. The molecular formula is C18H21NO6S2. The number of hydrogen-bond acceptors (Lipinski definition) is 7. The van der Waals surface area contributed by atoms with Crippen molar-refractivity contribution in [2.24, 2.45) is 0 Å². The summed E-state index contributed by atoms with van der Waals surface area (Å²) in [6.45, 7) is 4.81. The summed E-state index contributed by atoms with van der Waals surface area (Å²) in [4.78, 5) is 25.6. The predicted molar refractivity (Wildman–Crippen MR) is 102 cm³/mol. The van der Waals surface area contributed by atoms with Gasteiger partial charge in [-0.05, 0) is 51.1 Å². The number of benzene rings is 1. The number of ketones is 1. The second-order valence-corrected chi connectivity index (χ2v) is 9.02. The van der Waals surface area contributed by atoms with Gasteiger partial charge in [0.2, 0.25) is 15.8 Å². The highest BCUT2D eigenvalue weighted by Crippen LogP contribution is 2.25. The molecule has 0 amide bonds. The minimum atomic E-state index is -3.88. The van der Waals surface area contributed by atoms with Crippen LogP contribution in [-0.4, -0.2) is 39.9 Å². The summed E-state index contributed by atoms with van der Waals surface area (Å²) in [5.41, 5.74) is 0.00934. The zero-order valence-electron chi connectivity index (χ0n) is 15.4. The third-order valence-corrected chi connectivity index (χ3v) is 6.15. The van der Waals surface area contributed by atoms with E-state index in [2.05, 4.69) is 4.72 Å². The fourth-order valence-corrected chi connectivity index (χ4v) is 4.50. The van der Waals surface area contributed by atoms with Crippen molar-refractivity contribution in [1.82, 2.24) is 4.72 Å². The molecule has 0 fully saturated rings. The van der Waals surface area contributed by atoms with Gasteiger partial charge < -0.3 is 9.47 Å². The molecule has 0 atom stereocenters. The number of rotatable bonds is 8. The Morgan fingerprint density at radius 1 is 1.19 bits per heavy atom. The Labute approximate surface area is 162 Å². The van der Waals surface area contributed by atoms with Crippen LogP contribution in [0.4, 0.5) is 0 Å². The summed E-state index contributed by atoms with van der Waals surface area (Å²) < 4.78 is 37.5. The molecule has 1 heterocycles. The van der Waals surface area contributed by atoms with Gasteiger partial charge >= 0.3 is 5.97 Å². The second-order valence-electron chi connectivity index (χ2n) is 6.05. The van der Waals surface area contributed by atoms with E-state index >= 15 is 0 Å². The molecule has 1 aromatic carbocycles. The quantitative estimate of drug-likeness (QED) is 0.530. The fourth-order valence-electron chi connectivity index (χ4n) is 2.26. The summed E-state index contributed by atoms with van der Waals surface area (Å²) >= 11 is 1.31. The monoisotopic (exact) mass is 411 g/mol. The molecule has 1 aromatic heterocycles. The van der Waals surface area contributed by atoms with Crippen LogP contribution in [0.5, 0.6) is 5.75 Å². The van der Waals surface area contributed by atoms with Gasteiger partial charge in [0, 0.05) is 10.9 Å². The van der Waals surface area contributed by atoms with Crippen LogP contribution in [0, 0.1) is 6.92 Å². The number of esters is 1. The average molecular weight is 412 g/mol. The minimum absolute atomic E-state index is 0.00934. The number of hydrogen-bond donors (Lipinski definition) is 1. The number of thiophene rings is 1. The molecule has 0 saturated carbocycles.